The molecule has 4 rings (SSSR count). The standard InChI is InChI=1S/C20H18Cl2N4O2/c21-15-9-7-13(8-10-15)18-24-19(28-25-18)14-4-3-11-26(12-14)20(27)23-17-6-2-1-5-16(17)22/h1-2,5-10,14H,3-4,11-12H2,(H,23,27). The van der Waals surface area contributed by atoms with Crippen LogP contribution in [0.5, 0.6) is 0 Å². The van der Waals surface area contributed by atoms with Gasteiger partial charge in [-0.2, -0.15) is 4.98 Å². The van der Waals surface area contributed by atoms with Crippen molar-refractivity contribution in [3.8, 4) is 11.4 Å². The van der Waals surface area contributed by atoms with Crippen LogP contribution in [-0.4, -0.2) is 34.2 Å². The third-order valence-corrected chi connectivity index (χ3v) is 5.30. The lowest BCUT2D eigenvalue weighted by atomic mass is 9.98. The van der Waals surface area contributed by atoms with Crippen molar-refractivity contribution < 1.29 is 9.32 Å². The third-order valence-electron chi connectivity index (χ3n) is 4.72. The molecule has 0 spiro atoms. The molecule has 2 amide bonds. The summed E-state index contributed by atoms with van der Waals surface area (Å²) in [5.74, 6) is 1.06. The van der Waals surface area contributed by atoms with E-state index in [9.17, 15) is 4.79 Å². The number of rotatable bonds is 3. The van der Waals surface area contributed by atoms with Crippen LogP contribution in [0.25, 0.3) is 11.4 Å². The Bertz CT molecular complexity index is 974. The number of nitrogens with one attached hydrogen (secondary N) is 1. The van der Waals surface area contributed by atoms with Crippen molar-refractivity contribution in [2.75, 3.05) is 18.4 Å². The first-order valence-electron chi connectivity index (χ1n) is 9.00. The Kier molecular flexibility index (Phi) is 5.50. The van der Waals surface area contributed by atoms with Gasteiger partial charge in [0.25, 0.3) is 0 Å². The number of urea groups is 1. The number of likely N-dealkylation sites (tertiary alicyclic amines) is 1. The SMILES string of the molecule is O=C(Nc1ccccc1Cl)N1CCCC(c2nc(-c3ccc(Cl)cc3)no2)C1. The quantitative estimate of drug-likeness (QED) is 0.615. The molecule has 0 radical (unpaired) electrons. The topological polar surface area (TPSA) is 71.3 Å². The Morgan fingerprint density at radius 3 is 2.71 bits per heavy atom. The molecular weight excluding hydrogens is 399 g/mol. The van der Waals surface area contributed by atoms with Crippen LogP contribution in [0, 0.1) is 0 Å². The molecule has 0 aliphatic carbocycles. The Morgan fingerprint density at radius 1 is 1.14 bits per heavy atom. The summed E-state index contributed by atoms with van der Waals surface area (Å²) < 4.78 is 5.48. The number of carbonyl (C=O) groups is 1. The van der Waals surface area contributed by atoms with E-state index < -0.39 is 0 Å². The summed E-state index contributed by atoms with van der Waals surface area (Å²) in [7, 11) is 0. The highest BCUT2D eigenvalue weighted by atomic mass is 35.5. The minimum Gasteiger partial charge on any atom is -0.339 e. The summed E-state index contributed by atoms with van der Waals surface area (Å²) in [6.07, 6.45) is 1.75. The molecule has 1 aliphatic rings. The van der Waals surface area contributed by atoms with Crippen LogP contribution in [0.15, 0.2) is 53.1 Å². The Balaban J connectivity index is 1.44. The van der Waals surface area contributed by atoms with Gasteiger partial charge in [0.2, 0.25) is 11.7 Å². The molecule has 2 heterocycles. The normalized spacial score (nSPS) is 16.8. The number of halogens is 2. The van der Waals surface area contributed by atoms with Crippen molar-refractivity contribution in [1.29, 1.82) is 0 Å². The number of carbonyl (C=O) groups excluding carboxylic acids is 1. The lowest BCUT2D eigenvalue weighted by Crippen LogP contribution is -2.41. The maximum Gasteiger partial charge on any atom is 0.321 e. The predicted octanol–water partition coefficient (Wildman–Crippen LogP) is 5.45. The van der Waals surface area contributed by atoms with Crippen molar-refractivity contribution in [1.82, 2.24) is 15.0 Å². The number of amides is 2. The molecule has 1 aliphatic heterocycles. The van der Waals surface area contributed by atoms with Gasteiger partial charge in [-0.05, 0) is 49.2 Å². The maximum atomic E-state index is 12.6. The molecule has 1 fully saturated rings. The molecule has 0 saturated carbocycles. The molecule has 1 N–H and O–H groups in total. The predicted molar refractivity (Wildman–Crippen MR) is 109 cm³/mol. The second kappa shape index (κ2) is 8.20. The molecule has 28 heavy (non-hydrogen) atoms. The fraction of sp³-hybridized carbons (Fsp3) is 0.250. The summed E-state index contributed by atoms with van der Waals surface area (Å²) in [6, 6.07) is 14.3. The molecule has 3 aromatic rings. The van der Waals surface area contributed by atoms with Gasteiger partial charge < -0.3 is 14.7 Å². The highest BCUT2D eigenvalue weighted by Crippen LogP contribution is 2.29. The number of anilines is 1. The number of nitrogens with zero attached hydrogens (tertiary/aromatic N) is 3. The van der Waals surface area contributed by atoms with Gasteiger partial charge in [-0.3, -0.25) is 0 Å². The van der Waals surface area contributed by atoms with E-state index in [0.717, 1.165) is 18.4 Å². The largest absolute Gasteiger partial charge is 0.339 e. The van der Waals surface area contributed by atoms with E-state index in [1.54, 1.807) is 29.2 Å². The van der Waals surface area contributed by atoms with Gasteiger partial charge >= 0.3 is 6.03 Å². The summed E-state index contributed by atoms with van der Waals surface area (Å²) in [4.78, 5) is 18.9. The number of hydrogen-bond donors (Lipinski definition) is 1. The van der Waals surface area contributed by atoms with Crippen LogP contribution in [-0.2, 0) is 0 Å². The molecule has 6 nitrogen and oxygen atoms in total. The van der Waals surface area contributed by atoms with Crippen molar-refractivity contribution in [2.45, 2.75) is 18.8 Å². The lowest BCUT2D eigenvalue weighted by molar-refractivity contribution is 0.184. The maximum absolute atomic E-state index is 12.6. The van der Waals surface area contributed by atoms with Crippen LogP contribution in [0.3, 0.4) is 0 Å². The van der Waals surface area contributed by atoms with Crippen molar-refractivity contribution in [2.24, 2.45) is 0 Å². The van der Waals surface area contributed by atoms with E-state index in [2.05, 4.69) is 15.5 Å². The number of hydrogen-bond acceptors (Lipinski definition) is 4. The Morgan fingerprint density at radius 2 is 1.93 bits per heavy atom. The van der Waals surface area contributed by atoms with Crippen LogP contribution in [0.1, 0.15) is 24.7 Å². The van der Waals surface area contributed by atoms with E-state index in [1.165, 1.54) is 0 Å². The van der Waals surface area contributed by atoms with Gasteiger partial charge in [-0.15, -0.1) is 0 Å². The third kappa shape index (κ3) is 4.13. The monoisotopic (exact) mass is 416 g/mol. The molecule has 1 saturated heterocycles. The van der Waals surface area contributed by atoms with Gasteiger partial charge in [-0.25, -0.2) is 4.79 Å². The zero-order valence-corrected chi connectivity index (χ0v) is 16.5. The van der Waals surface area contributed by atoms with Gasteiger partial charge in [-0.1, -0.05) is 40.5 Å². The molecule has 1 atom stereocenters. The molecular formula is C20H18Cl2N4O2. The molecule has 144 valence electrons. The highest BCUT2D eigenvalue weighted by Gasteiger charge is 2.29. The summed E-state index contributed by atoms with van der Waals surface area (Å²) >= 11 is 12.1. The smallest absolute Gasteiger partial charge is 0.321 e. The molecule has 8 heteroatoms. The number of aromatic nitrogens is 2. The van der Waals surface area contributed by atoms with Gasteiger partial charge in [0.1, 0.15) is 0 Å². The van der Waals surface area contributed by atoms with E-state index in [1.807, 2.05) is 24.3 Å². The van der Waals surface area contributed by atoms with Crippen LogP contribution in [0.4, 0.5) is 10.5 Å². The minimum atomic E-state index is -0.185. The van der Waals surface area contributed by atoms with E-state index in [0.29, 0.717) is 40.5 Å². The first kappa shape index (κ1) is 18.8. The van der Waals surface area contributed by atoms with Crippen molar-refractivity contribution >= 4 is 34.9 Å². The van der Waals surface area contributed by atoms with E-state index in [-0.39, 0.29) is 11.9 Å². The summed E-state index contributed by atoms with van der Waals surface area (Å²) in [6.45, 7) is 1.18. The fourth-order valence-electron chi connectivity index (χ4n) is 3.24. The van der Waals surface area contributed by atoms with Gasteiger partial charge in [0.15, 0.2) is 0 Å². The zero-order chi connectivity index (χ0) is 19.5. The first-order valence-corrected chi connectivity index (χ1v) is 9.76. The van der Waals surface area contributed by atoms with Crippen LogP contribution >= 0.6 is 23.2 Å². The number of piperidine rings is 1. The van der Waals surface area contributed by atoms with Gasteiger partial charge in [0, 0.05) is 23.7 Å². The van der Waals surface area contributed by atoms with Crippen molar-refractivity contribution in [3.63, 3.8) is 0 Å². The van der Waals surface area contributed by atoms with E-state index >= 15 is 0 Å². The van der Waals surface area contributed by atoms with Crippen LogP contribution in [0.2, 0.25) is 10.0 Å². The highest BCUT2D eigenvalue weighted by molar-refractivity contribution is 6.33. The Hall–Kier alpha value is -2.57. The van der Waals surface area contributed by atoms with E-state index in [4.69, 9.17) is 27.7 Å². The lowest BCUT2D eigenvalue weighted by Gasteiger charge is -2.31. The second-order valence-electron chi connectivity index (χ2n) is 6.66. The first-order chi connectivity index (χ1) is 13.6. The van der Waals surface area contributed by atoms with Crippen molar-refractivity contribution in [3.05, 3.63) is 64.5 Å². The average Bonchev–Trinajstić information content (AvgIpc) is 3.21. The minimum absolute atomic E-state index is 0.000652. The summed E-state index contributed by atoms with van der Waals surface area (Å²) in [5, 5.41) is 8.10. The zero-order valence-electron chi connectivity index (χ0n) is 14.9. The molecule has 1 aromatic heterocycles. The second-order valence-corrected chi connectivity index (χ2v) is 7.50. The number of para-hydroxylation sites is 1. The molecule has 2 aromatic carbocycles. The molecule has 0 bridgehead atoms. The molecule has 1 unspecified atom stereocenters. The summed E-state index contributed by atoms with van der Waals surface area (Å²) in [5.41, 5.74) is 1.43. The average molecular weight is 417 g/mol. The Labute approximate surface area is 172 Å². The van der Waals surface area contributed by atoms with Crippen LogP contribution < -0.4 is 5.32 Å². The number of benzene rings is 2. The fourth-order valence-corrected chi connectivity index (χ4v) is 3.55. The van der Waals surface area contributed by atoms with Gasteiger partial charge in [0.05, 0.1) is 16.6 Å².